The van der Waals surface area contributed by atoms with Gasteiger partial charge in [-0.3, -0.25) is 9.78 Å². The van der Waals surface area contributed by atoms with Crippen molar-refractivity contribution in [1.82, 2.24) is 4.98 Å². The maximum absolute atomic E-state index is 12.7. The highest BCUT2D eigenvalue weighted by molar-refractivity contribution is 5.73. The summed E-state index contributed by atoms with van der Waals surface area (Å²) in [4.78, 5) is 13.5. The van der Waals surface area contributed by atoms with Gasteiger partial charge in [0.2, 0.25) is 0 Å². The topological polar surface area (TPSA) is 50.2 Å². The second-order valence-corrected chi connectivity index (χ2v) is 2.46. The number of carbonyl (C=O) groups excluding carboxylic acids is 1. The summed E-state index contributed by atoms with van der Waals surface area (Å²) in [6.45, 7) is -1.29. The first-order valence-corrected chi connectivity index (χ1v) is 3.50. The van der Waals surface area contributed by atoms with Crippen LogP contribution in [0.4, 0.5) is 8.78 Å². The van der Waals surface area contributed by atoms with E-state index in [0.29, 0.717) is 6.29 Å². The summed E-state index contributed by atoms with van der Waals surface area (Å²) in [6, 6.07) is 2.23. The van der Waals surface area contributed by atoms with Crippen LogP contribution in [-0.2, 0) is 5.92 Å². The lowest BCUT2D eigenvalue weighted by Crippen LogP contribution is -2.19. The average Bonchev–Trinajstić information content (AvgIpc) is 2.18. The molecule has 1 aromatic rings. The fourth-order valence-corrected chi connectivity index (χ4v) is 0.772. The Hall–Kier alpha value is -1.36. The van der Waals surface area contributed by atoms with Crippen LogP contribution in [0.25, 0.3) is 0 Å². The largest absolute Gasteiger partial charge is 0.390 e. The molecule has 1 heterocycles. The summed E-state index contributed by atoms with van der Waals surface area (Å²) in [5.74, 6) is -3.35. The minimum absolute atomic E-state index is 0.220. The van der Waals surface area contributed by atoms with Crippen molar-refractivity contribution in [2.24, 2.45) is 0 Å². The lowest BCUT2D eigenvalue weighted by Gasteiger charge is -2.11. The minimum atomic E-state index is -3.35. The lowest BCUT2D eigenvalue weighted by molar-refractivity contribution is -0.0592. The monoisotopic (exact) mass is 187 g/mol. The van der Waals surface area contributed by atoms with Crippen LogP contribution in [-0.4, -0.2) is 23.0 Å². The number of halogens is 2. The predicted molar refractivity (Wildman–Crippen MR) is 40.6 cm³/mol. The van der Waals surface area contributed by atoms with Gasteiger partial charge in [0.05, 0.1) is 0 Å². The Balaban J connectivity index is 2.98. The highest BCUT2D eigenvalue weighted by Gasteiger charge is 2.31. The number of pyridine rings is 1. The number of aliphatic hydroxyl groups excluding tert-OH is 1. The zero-order valence-electron chi connectivity index (χ0n) is 6.58. The van der Waals surface area contributed by atoms with E-state index < -0.39 is 18.2 Å². The number of hydrogen-bond donors (Lipinski definition) is 1. The van der Waals surface area contributed by atoms with Gasteiger partial charge in [0.15, 0.2) is 6.29 Å². The minimum Gasteiger partial charge on any atom is -0.390 e. The number of aliphatic hydroxyl groups is 1. The van der Waals surface area contributed by atoms with Gasteiger partial charge in [-0.2, -0.15) is 8.78 Å². The Labute approximate surface area is 73.0 Å². The number of rotatable bonds is 3. The molecule has 0 aliphatic rings. The van der Waals surface area contributed by atoms with Gasteiger partial charge in [0.1, 0.15) is 12.3 Å². The Bertz CT molecular complexity index is 298. The quantitative estimate of drug-likeness (QED) is 0.717. The van der Waals surface area contributed by atoms with E-state index in [-0.39, 0.29) is 5.56 Å². The van der Waals surface area contributed by atoms with E-state index >= 15 is 0 Å². The molecule has 0 amide bonds. The maximum atomic E-state index is 12.7. The van der Waals surface area contributed by atoms with Crippen LogP contribution >= 0.6 is 0 Å². The molecule has 0 saturated carbocycles. The van der Waals surface area contributed by atoms with Crippen LogP contribution in [0, 0.1) is 0 Å². The van der Waals surface area contributed by atoms with Crippen molar-refractivity contribution < 1.29 is 18.7 Å². The Morgan fingerprint density at radius 1 is 1.54 bits per heavy atom. The second kappa shape index (κ2) is 3.57. The normalized spacial score (nSPS) is 11.3. The summed E-state index contributed by atoms with van der Waals surface area (Å²) in [7, 11) is 0. The SMILES string of the molecule is O=Cc1ccc(C(F)(F)CO)nc1. The molecular weight excluding hydrogens is 180 g/mol. The standard InChI is InChI=1S/C8H7F2NO2/c9-8(10,5-13)7-2-1-6(4-12)3-11-7/h1-4,13H,5H2. The molecule has 1 aromatic heterocycles. The van der Waals surface area contributed by atoms with Crippen LogP contribution in [0.3, 0.4) is 0 Å². The van der Waals surface area contributed by atoms with Crippen molar-refractivity contribution in [3.05, 3.63) is 29.6 Å². The van der Waals surface area contributed by atoms with E-state index in [2.05, 4.69) is 4.98 Å². The van der Waals surface area contributed by atoms with E-state index in [9.17, 15) is 13.6 Å². The molecular formula is C8H7F2NO2. The zero-order chi connectivity index (χ0) is 9.90. The molecule has 0 aliphatic heterocycles. The highest BCUT2D eigenvalue weighted by atomic mass is 19.3. The first-order chi connectivity index (χ1) is 6.10. The summed E-state index contributed by atoms with van der Waals surface area (Å²) < 4.78 is 25.4. The molecule has 0 aromatic carbocycles. The zero-order valence-corrected chi connectivity index (χ0v) is 6.58. The van der Waals surface area contributed by atoms with Gasteiger partial charge >= 0.3 is 5.92 Å². The number of carbonyl (C=O) groups is 1. The predicted octanol–water partition coefficient (Wildman–Crippen LogP) is 0.978. The Morgan fingerprint density at radius 3 is 2.62 bits per heavy atom. The average molecular weight is 187 g/mol. The van der Waals surface area contributed by atoms with E-state index in [1.807, 2.05) is 0 Å². The van der Waals surface area contributed by atoms with Crippen LogP contribution in [0.15, 0.2) is 18.3 Å². The van der Waals surface area contributed by atoms with Crippen LogP contribution in [0.2, 0.25) is 0 Å². The first-order valence-electron chi connectivity index (χ1n) is 3.50. The van der Waals surface area contributed by atoms with Gasteiger partial charge < -0.3 is 5.11 Å². The van der Waals surface area contributed by atoms with Crippen molar-refractivity contribution in [2.45, 2.75) is 5.92 Å². The molecule has 0 spiro atoms. The number of hydrogen-bond acceptors (Lipinski definition) is 3. The summed E-state index contributed by atoms with van der Waals surface area (Å²) in [5.41, 5.74) is -0.321. The van der Waals surface area contributed by atoms with Crippen molar-refractivity contribution in [1.29, 1.82) is 0 Å². The molecule has 0 unspecified atom stereocenters. The molecule has 5 heteroatoms. The number of alkyl halides is 2. The summed E-state index contributed by atoms with van der Waals surface area (Å²) >= 11 is 0. The molecule has 0 aliphatic carbocycles. The van der Waals surface area contributed by atoms with E-state index in [4.69, 9.17) is 5.11 Å². The van der Waals surface area contributed by atoms with E-state index in [1.54, 1.807) is 0 Å². The molecule has 0 saturated heterocycles. The van der Waals surface area contributed by atoms with Crippen molar-refractivity contribution >= 4 is 6.29 Å². The van der Waals surface area contributed by atoms with Gasteiger partial charge in [-0.1, -0.05) is 0 Å². The molecule has 13 heavy (non-hydrogen) atoms. The first kappa shape index (κ1) is 9.73. The Kier molecular flexibility index (Phi) is 2.67. The van der Waals surface area contributed by atoms with Gasteiger partial charge in [-0.15, -0.1) is 0 Å². The maximum Gasteiger partial charge on any atom is 0.312 e. The summed E-state index contributed by atoms with van der Waals surface area (Å²) in [6.07, 6.45) is 1.54. The van der Waals surface area contributed by atoms with Gasteiger partial charge in [-0.05, 0) is 12.1 Å². The molecule has 0 fully saturated rings. The third-order valence-corrected chi connectivity index (χ3v) is 1.50. The van der Waals surface area contributed by atoms with Crippen LogP contribution < -0.4 is 0 Å². The molecule has 3 nitrogen and oxygen atoms in total. The van der Waals surface area contributed by atoms with Crippen molar-refractivity contribution in [3.8, 4) is 0 Å². The van der Waals surface area contributed by atoms with Gasteiger partial charge in [-0.25, -0.2) is 0 Å². The smallest absolute Gasteiger partial charge is 0.312 e. The van der Waals surface area contributed by atoms with Gasteiger partial charge in [0, 0.05) is 11.8 Å². The Morgan fingerprint density at radius 2 is 2.23 bits per heavy atom. The fourth-order valence-electron chi connectivity index (χ4n) is 0.772. The van der Waals surface area contributed by atoms with Crippen LogP contribution in [0.5, 0.6) is 0 Å². The molecule has 0 radical (unpaired) electrons. The molecule has 0 atom stereocenters. The number of aromatic nitrogens is 1. The third-order valence-electron chi connectivity index (χ3n) is 1.50. The molecule has 1 rings (SSSR count). The number of aldehydes is 1. The number of nitrogens with zero attached hydrogens (tertiary/aromatic N) is 1. The highest BCUT2D eigenvalue weighted by Crippen LogP contribution is 2.24. The second-order valence-electron chi connectivity index (χ2n) is 2.46. The molecule has 70 valence electrons. The third kappa shape index (κ3) is 2.06. The van der Waals surface area contributed by atoms with E-state index in [0.717, 1.165) is 12.3 Å². The molecule has 1 N–H and O–H groups in total. The fraction of sp³-hybridized carbons (Fsp3) is 0.250. The van der Waals surface area contributed by atoms with Crippen molar-refractivity contribution in [2.75, 3.05) is 6.61 Å². The lowest BCUT2D eigenvalue weighted by atomic mass is 10.2. The van der Waals surface area contributed by atoms with E-state index in [1.165, 1.54) is 6.07 Å². The van der Waals surface area contributed by atoms with Gasteiger partial charge in [0.25, 0.3) is 0 Å². The van der Waals surface area contributed by atoms with Crippen LogP contribution in [0.1, 0.15) is 16.1 Å². The molecule has 0 bridgehead atoms. The van der Waals surface area contributed by atoms with Crippen molar-refractivity contribution in [3.63, 3.8) is 0 Å². The summed E-state index contributed by atoms with van der Waals surface area (Å²) in [5, 5.41) is 8.31.